The van der Waals surface area contributed by atoms with Crippen LogP contribution in [0.4, 0.5) is 0 Å². The van der Waals surface area contributed by atoms with Gasteiger partial charge in [-0.2, -0.15) is 0 Å². The number of carbonyl (C=O) groups excluding carboxylic acids is 1. The van der Waals surface area contributed by atoms with Crippen molar-refractivity contribution >= 4 is 5.91 Å². The third-order valence-corrected chi connectivity index (χ3v) is 3.32. The molecule has 0 N–H and O–H groups in total. The number of hydrogen-bond acceptors (Lipinski definition) is 3. The molecule has 4 heteroatoms. The van der Waals surface area contributed by atoms with E-state index >= 15 is 0 Å². The van der Waals surface area contributed by atoms with E-state index in [2.05, 4.69) is 9.97 Å². The van der Waals surface area contributed by atoms with Crippen molar-refractivity contribution in [2.45, 2.75) is 32.6 Å². The van der Waals surface area contributed by atoms with Crippen LogP contribution in [0.25, 0.3) is 0 Å². The molecule has 4 nitrogen and oxygen atoms in total. The monoisotopic (exact) mass is 233 g/mol. The Bertz CT molecular complexity index is 370. The Morgan fingerprint density at radius 2 is 2.12 bits per heavy atom. The molecule has 17 heavy (non-hydrogen) atoms. The highest BCUT2D eigenvalue weighted by Crippen LogP contribution is 2.26. The van der Waals surface area contributed by atoms with Gasteiger partial charge in [0.25, 0.3) is 0 Å². The lowest BCUT2D eigenvalue weighted by molar-refractivity contribution is -0.135. The van der Waals surface area contributed by atoms with Crippen LogP contribution < -0.4 is 0 Å². The molecule has 0 aliphatic carbocycles. The predicted molar refractivity (Wildman–Crippen MR) is 65.4 cm³/mol. The minimum Gasteiger partial charge on any atom is -0.342 e. The van der Waals surface area contributed by atoms with Gasteiger partial charge in [-0.15, -0.1) is 0 Å². The van der Waals surface area contributed by atoms with Gasteiger partial charge >= 0.3 is 0 Å². The highest BCUT2D eigenvalue weighted by Gasteiger charge is 2.25. The van der Waals surface area contributed by atoms with Crippen LogP contribution in [0.2, 0.25) is 0 Å². The second kappa shape index (κ2) is 5.25. The van der Waals surface area contributed by atoms with Crippen molar-refractivity contribution in [2.24, 2.45) is 5.92 Å². The molecule has 1 aromatic heterocycles. The molecule has 0 saturated carbocycles. The predicted octanol–water partition coefficient (Wildman–Crippen LogP) is 1.84. The summed E-state index contributed by atoms with van der Waals surface area (Å²) < 4.78 is 0. The van der Waals surface area contributed by atoms with Gasteiger partial charge in [0.05, 0.1) is 0 Å². The summed E-state index contributed by atoms with van der Waals surface area (Å²) in [7, 11) is 0. The van der Waals surface area contributed by atoms with Crippen LogP contribution >= 0.6 is 0 Å². The standard InChI is InChI=1S/C13H19N3O/c1-10(2)13(17)16-7-4-11(5-8-16)12-3-6-14-9-15-12/h3,6,9-11H,4-5,7-8H2,1-2H3. The Balaban J connectivity index is 1.93. The molecule has 1 amide bonds. The van der Waals surface area contributed by atoms with Crippen LogP contribution in [0.5, 0.6) is 0 Å². The molecule has 0 bridgehead atoms. The zero-order valence-electron chi connectivity index (χ0n) is 10.5. The first-order chi connectivity index (χ1) is 8.18. The van der Waals surface area contributed by atoms with Crippen molar-refractivity contribution in [3.05, 3.63) is 24.3 Å². The van der Waals surface area contributed by atoms with Gasteiger partial charge in [0.2, 0.25) is 5.91 Å². The maximum Gasteiger partial charge on any atom is 0.225 e. The molecule has 1 aliphatic heterocycles. The number of carbonyl (C=O) groups is 1. The maximum atomic E-state index is 11.8. The van der Waals surface area contributed by atoms with Crippen LogP contribution in [0.15, 0.2) is 18.6 Å². The lowest BCUT2D eigenvalue weighted by Gasteiger charge is -2.32. The summed E-state index contributed by atoms with van der Waals surface area (Å²) in [5.74, 6) is 0.853. The van der Waals surface area contributed by atoms with Crippen LogP contribution in [0, 0.1) is 5.92 Å². The SMILES string of the molecule is CC(C)C(=O)N1CCC(c2ccncn2)CC1. The maximum absolute atomic E-state index is 11.8. The van der Waals surface area contributed by atoms with Crippen molar-refractivity contribution in [3.8, 4) is 0 Å². The van der Waals surface area contributed by atoms with Crippen molar-refractivity contribution in [2.75, 3.05) is 13.1 Å². The minimum absolute atomic E-state index is 0.102. The number of amides is 1. The Morgan fingerprint density at radius 3 is 2.65 bits per heavy atom. The normalized spacial score (nSPS) is 17.5. The summed E-state index contributed by atoms with van der Waals surface area (Å²) in [4.78, 5) is 22.0. The molecular formula is C13H19N3O. The third-order valence-electron chi connectivity index (χ3n) is 3.32. The summed E-state index contributed by atoms with van der Waals surface area (Å²) in [6, 6.07) is 1.98. The third kappa shape index (κ3) is 2.81. The fourth-order valence-electron chi connectivity index (χ4n) is 2.30. The van der Waals surface area contributed by atoms with Crippen molar-refractivity contribution in [1.29, 1.82) is 0 Å². The molecule has 0 spiro atoms. The zero-order valence-corrected chi connectivity index (χ0v) is 10.5. The van der Waals surface area contributed by atoms with Gasteiger partial charge < -0.3 is 4.90 Å². The van der Waals surface area contributed by atoms with Crippen LogP contribution in [-0.2, 0) is 4.79 Å². The van der Waals surface area contributed by atoms with E-state index in [1.165, 1.54) is 0 Å². The van der Waals surface area contributed by atoms with Crippen LogP contribution in [-0.4, -0.2) is 33.9 Å². The fraction of sp³-hybridized carbons (Fsp3) is 0.615. The molecular weight excluding hydrogens is 214 g/mol. The molecule has 1 aromatic rings. The smallest absolute Gasteiger partial charge is 0.225 e. The summed E-state index contributed by atoms with van der Waals surface area (Å²) >= 11 is 0. The van der Waals surface area contributed by atoms with E-state index in [-0.39, 0.29) is 11.8 Å². The van der Waals surface area contributed by atoms with Gasteiger partial charge in [-0.3, -0.25) is 4.79 Å². The van der Waals surface area contributed by atoms with Gasteiger partial charge in [0.15, 0.2) is 0 Å². The second-order valence-corrected chi connectivity index (χ2v) is 4.89. The van der Waals surface area contributed by atoms with Crippen LogP contribution in [0.1, 0.15) is 38.3 Å². The topological polar surface area (TPSA) is 46.1 Å². The lowest BCUT2D eigenvalue weighted by atomic mass is 9.93. The average Bonchev–Trinajstić information content (AvgIpc) is 2.39. The molecule has 2 rings (SSSR count). The molecule has 92 valence electrons. The van der Waals surface area contributed by atoms with E-state index in [1.807, 2.05) is 24.8 Å². The van der Waals surface area contributed by atoms with Gasteiger partial charge in [0, 0.05) is 36.8 Å². The molecule has 1 saturated heterocycles. The number of likely N-dealkylation sites (tertiary alicyclic amines) is 1. The van der Waals surface area contributed by atoms with E-state index in [9.17, 15) is 4.79 Å². The highest BCUT2D eigenvalue weighted by molar-refractivity contribution is 5.78. The van der Waals surface area contributed by atoms with E-state index in [4.69, 9.17) is 0 Å². The highest BCUT2D eigenvalue weighted by atomic mass is 16.2. The average molecular weight is 233 g/mol. The van der Waals surface area contributed by atoms with Crippen molar-refractivity contribution in [1.82, 2.24) is 14.9 Å². The van der Waals surface area contributed by atoms with Gasteiger partial charge in [-0.1, -0.05) is 13.8 Å². The summed E-state index contributed by atoms with van der Waals surface area (Å²) in [6.07, 6.45) is 5.40. The first kappa shape index (κ1) is 12.0. The van der Waals surface area contributed by atoms with E-state index in [0.29, 0.717) is 5.92 Å². The molecule has 1 aliphatic rings. The zero-order chi connectivity index (χ0) is 12.3. The Kier molecular flexibility index (Phi) is 3.71. The van der Waals surface area contributed by atoms with Gasteiger partial charge in [-0.05, 0) is 18.9 Å². The van der Waals surface area contributed by atoms with Crippen LogP contribution in [0.3, 0.4) is 0 Å². The number of piperidine rings is 1. The summed E-state index contributed by atoms with van der Waals surface area (Å²) in [6.45, 7) is 5.62. The second-order valence-electron chi connectivity index (χ2n) is 4.89. The largest absolute Gasteiger partial charge is 0.342 e. The molecule has 0 atom stereocenters. The molecule has 0 unspecified atom stereocenters. The van der Waals surface area contributed by atoms with E-state index in [1.54, 1.807) is 12.5 Å². The Morgan fingerprint density at radius 1 is 1.41 bits per heavy atom. The first-order valence-electron chi connectivity index (χ1n) is 6.23. The Hall–Kier alpha value is -1.45. The summed E-state index contributed by atoms with van der Waals surface area (Å²) in [5, 5.41) is 0. The van der Waals surface area contributed by atoms with E-state index in [0.717, 1.165) is 31.6 Å². The minimum atomic E-state index is 0.102. The van der Waals surface area contributed by atoms with Crippen molar-refractivity contribution < 1.29 is 4.79 Å². The molecule has 0 radical (unpaired) electrons. The quantitative estimate of drug-likeness (QED) is 0.783. The van der Waals surface area contributed by atoms with Gasteiger partial charge in [0.1, 0.15) is 6.33 Å². The molecule has 0 aromatic carbocycles. The number of rotatable bonds is 2. The lowest BCUT2D eigenvalue weighted by Crippen LogP contribution is -2.40. The fourth-order valence-corrected chi connectivity index (χ4v) is 2.30. The summed E-state index contributed by atoms with van der Waals surface area (Å²) in [5.41, 5.74) is 1.11. The number of hydrogen-bond donors (Lipinski definition) is 0. The number of aromatic nitrogens is 2. The van der Waals surface area contributed by atoms with Crippen molar-refractivity contribution in [3.63, 3.8) is 0 Å². The van der Waals surface area contributed by atoms with E-state index < -0.39 is 0 Å². The number of nitrogens with zero attached hydrogens (tertiary/aromatic N) is 3. The Labute approximate surface area is 102 Å². The molecule has 1 fully saturated rings. The molecule has 2 heterocycles. The first-order valence-corrected chi connectivity index (χ1v) is 6.23. The van der Waals surface area contributed by atoms with Gasteiger partial charge in [-0.25, -0.2) is 9.97 Å².